The Balaban J connectivity index is 1.50. The van der Waals surface area contributed by atoms with Crippen molar-refractivity contribution in [3.8, 4) is 0 Å². The van der Waals surface area contributed by atoms with Gasteiger partial charge in [-0.05, 0) is 97.8 Å². The van der Waals surface area contributed by atoms with Gasteiger partial charge in [-0.1, -0.05) is 40.9 Å². The maximum Gasteiger partial charge on any atom is 0.263 e. The molecule has 0 aliphatic carbocycles. The summed E-state index contributed by atoms with van der Waals surface area (Å²) in [6, 6.07) is 18.7. The van der Waals surface area contributed by atoms with E-state index in [-0.39, 0.29) is 41.8 Å². The van der Waals surface area contributed by atoms with Crippen LogP contribution in [0.15, 0.2) is 88.7 Å². The molecule has 0 aliphatic heterocycles. The summed E-state index contributed by atoms with van der Waals surface area (Å²) in [5.74, 6) is -0.624. The summed E-state index contributed by atoms with van der Waals surface area (Å²) < 4.78 is 56.5. The van der Waals surface area contributed by atoms with Crippen molar-refractivity contribution in [3.63, 3.8) is 0 Å². The van der Waals surface area contributed by atoms with Crippen LogP contribution in [-0.2, 0) is 20.0 Å². The fourth-order valence-corrected chi connectivity index (χ4v) is 6.76. The molecule has 0 fully saturated rings. The number of hydrogen-bond acceptors (Lipinski definition) is 5. The molecular formula is C27H22Cl3N3O5S2. The molecule has 40 heavy (non-hydrogen) atoms. The summed E-state index contributed by atoms with van der Waals surface area (Å²) in [6.45, 7) is 3.77. The number of amides is 1. The molecule has 13 heteroatoms. The van der Waals surface area contributed by atoms with Crippen LogP contribution in [-0.4, -0.2) is 22.7 Å². The van der Waals surface area contributed by atoms with Crippen LogP contribution in [0.25, 0.3) is 0 Å². The molecule has 0 heterocycles. The van der Waals surface area contributed by atoms with Crippen molar-refractivity contribution in [3.05, 3.63) is 111 Å². The number of nitrogens with one attached hydrogen (secondary N) is 3. The number of benzene rings is 4. The first kappa shape index (κ1) is 29.7. The average Bonchev–Trinajstić information content (AvgIpc) is 2.85. The molecule has 4 aromatic rings. The van der Waals surface area contributed by atoms with Gasteiger partial charge in [0.15, 0.2) is 0 Å². The minimum atomic E-state index is -4.11. The highest BCUT2D eigenvalue weighted by Gasteiger charge is 2.21. The summed E-state index contributed by atoms with van der Waals surface area (Å²) in [5, 5.41) is 3.09. The van der Waals surface area contributed by atoms with Crippen molar-refractivity contribution in [2.24, 2.45) is 0 Å². The van der Waals surface area contributed by atoms with E-state index in [1.807, 2.05) is 13.8 Å². The normalized spacial score (nSPS) is 11.6. The molecule has 4 rings (SSSR count). The molecule has 3 N–H and O–H groups in total. The zero-order valence-corrected chi connectivity index (χ0v) is 24.9. The van der Waals surface area contributed by atoms with Gasteiger partial charge in [-0.25, -0.2) is 16.8 Å². The minimum Gasteiger partial charge on any atom is -0.322 e. The highest BCUT2D eigenvalue weighted by Crippen LogP contribution is 2.28. The third-order valence-electron chi connectivity index (χ3n) is 5.78. The Labute approximate surface area is 247 Å². The minimum absolute atomic E-state index is 0.0288. The summed E-state index contributed by atoms with van der Waals surface area (Å²) in [7, 11) is -8.08. The van der Waals surface area contributed by atoms with E-state index in [0.717, 1.165) is 11.1 Å². The summed E-state index contributed by atoms with van der Waals surface area (Å²) in [6.07, 6.45) is 0. The molecule has 0 spiro atoms. The molecule has 208 valence electrons. The Hall–Kier alpha value is -3.28. The van der Waals surface area contributed by atoms with E-state index in [2.05, 4.69) is 14.8 Å². The van der Waals surface area contributed by atoms with E-state index >= 15 is 0 Å². The standard InChI is InChI=1S/C27H22Cl3N3O5S2/c1-16-3-5-22(11-17(16)2)32-40(37,38)26-12-18(4-10-25(26)30)27(34)31-21-6-8-24(9-7-21)39(35,36)33-23-14-19(28)13-20(29)15-23/h3-15,32-33H,1-2H3,(H,31,34). The molecular weight excluding hydrogens is 617 g/mol. The highest BCUT2D eigenvalue weighted by atomic mass is 35.5. The largest absolute Gasteiger partial charge is 0.322 e. The first-order valence-corrected chi connectivity index (χ1v) is 15.6. The van der Waals surface area contributed by atoms with Crippen LogP contribution in [0.4, 0.5) is 17.1 Å². The van der Waals surface area contributed by atoms with Gasteiger partial charge in [0.1, 0.15) is 4.90 Å². The number of carbonyl (C=O) groups is 1. The van der Waals surface area contributed by atoms with E-state index in [1.165, 1.54) is 60.7 Å². The first-order valence-electron chi connectivity index (χ1n) is 11.5. The van der Waals surface area contributed by atoms with E-state index in [9.17, 15) is 21.6 Å². The Bertz CT molecular complexity index is 1810. The van der Waals surface area contributed by atoms with Crippen LogP contribution in [0.3, 0.4) is 0 Å². The topological polar surface area (TPSA) is 121 Å². The number of sulfonamides is 2. The monoisotopic (exact) mass is 637 g/mol. The van der Waals surface area contributed by atoms with Crippen molar-refractivity contribution in [2.75, 3.05) is 14.8 Å². The lowest BCUT2D eigenvalue weighted by molar-refractivity contribution is 0.102. The molecule has 1 amide bonds. The van der Waals surface area contributed by atoms with Gasteiger partial charge in [0.05, 0.1) is 15.6 Å². The van der Waals surface area contributed by atoms with Crippen molar-refractivity contribution in [2.45, 2.75) is 23.6 Å². The zero-order chi connectivity index (χ0) is 29.2. The molecule has 0 aliphatic rings. The second kappa shape index (κ2) is 11.7. The third kappa shape index (κ3) is 7.07. The lowest BCUT2D eigenvalue weighted by atomic mass is 10.1. The van der Waals surface area contributed by atoms with Crippen molar-refractivity contribution in [1.82, 2.24) is 0 Å². The van der Waals surface area contributed by atoms with Gasteiger partial charge in [0.25, 0.3) is 26.0 Å². The Morgan fingerprint density at radius 2 is 1.23 bits per heavy atom. The number of rotatable bonds is 8. The molecule has 0 bridgehead atoms. The average molecular weight is 639 g/mol. The molecule has 0 atom stereocenters. The highest BCUT2D eigenvalue weighted by molar-refractivity contribution is 7.93. The predicted molar refractivity (Wildman–Crippen MR) is 160 cm³/mol. The van der Waals surface area contributed by atoms with Gasteiger partial charge in [-0.3, -0.25) is 14.2 Å². The number of halogens is 3. The van der Waals surface area contributed by atoms with Crippen molar-refractivity contribution < 1.29 is 21.6 Å². The number of anilines is 3. The quantitative estimate of drug-likeness (QED) is 0.190. The summed E-state index contributed by atoms with van der Waals surface area (Å²) >= 11 is 18.0. The Morgan fingerprint density at radius 1 is 0.625 bits per heavy atom. The van der Waals surface area contributed by atoms with Gasteiger partial charge < -0.3 is 5.32 Å². The fraction of sp³-hybridized carbons (Fsp3) is 0.0741. The smallest absolute Gasteiger partial charge is 0.263 e. The fourth-order valence-electron chi connectivity index (χ4n) is 3.61. The van der Waals surface area contributed by atoms with Crippen molar-refractivity contribution in [1.29, 1.82) is 0 Å². The second-order valence-electron chi connectivity index (χ2n) is 8.79. The van der Waals surface area contributed by atoms with Gasteiger partial charge in [-0.2, -0.15) is 0 Å². The zero-order valence-electron chi connectivity index (χ0n) is 21.0. The molecule has 0 aromatic heterocycles. The van der Waals surface area contributed by atoms with E-state index in [0.29, 0.717) is 5.69 Å². The Kier molecular flexibility index (Phi) is 8.67. The van der Waals surface area contributed by atoms with Gasteiger partial charge >= 0.3 is 0 Å². The molecule has 0 unspecified atom stereocenters. The van der Waals surface area contributed by atoms with Crippen LogP contribution in [0.5, 0.6) is 0 Å². The van der Waals surface area contributed by atoms with Gasteiger partial charge in [0, 0.05) is 27.0 Å². The third-order valence-corrected chi connectivity index (χ3v) is 9.48. The van der Waals surface area contributed by atoms with E-state index in [4.69, 9.17) is 34.8 Å². The number of hydrogen-bond donors (Lipinski definition) is 3. The van der Waals surface area contributed by atoms with E-state index < -0.39 is 26.0 Å². The lowest BCUT2D eigenvalue weighted by Gasteiger charge is -2.13. The predicted octanol–water partition coefficient (Wildman–Crippen LogP) is 7.12. The van der Waals surface area contributed by atoms with Gasteiger partial charge in [0.2, 0.25) is 0 Å². The van der Waals surface area contributed by atoms with Crippen LogP contribution >= 0.6 is 34.8 Å². The molecule has 4 aromatic carbocycles. The first-order chi connectivity index (χ1) is 18.7. The second-order valence-corrected chi connectivity index (χ2v) is 13.4. The molecule has 8 nitrogen and oxygen atoms in total. The SMILES string of the molecule is Cc1ccc(NS(=O)(=O)c2cc(C(=O)Nc3ccc(S(=O)(=O)Nc4cc(Cl)cc(Cl)c4)cc3)ccc2Cl)cc1C. The number of carbonyl (C=O) groups excluding carboxylic acids is 1. The molecule has 0 saturated heterocycles. The van der Waals surface area contributed by atoms with Crippen LogP contribution < -0.4 is 14.8 Å². The van der Waals surface area contributed by atoms with Crippen LogP contribution in [0.2, 0.25) is 15.1 Å². The van der Waals surface area contributed by atoms with Crippen LogP contribution in [0, 0.1) is 13.8 Å². The van der Waals surface area contributed by atoms with E-state index in [1.54, 1.807) is 18.2 Å². The van der Waals surface area contributed by atoms with Crippen LogP contribution in [0.1, 0.15) is 21.5 Å². The maximum atomic E-state index is 13.0. The van der Waals surface area contributed by atoms with Gasteiger partial charge in [-0.15, -0.1) is 0 Å². The Morgan fingerprint density at radius 3 is 1.85 bits per heavy atom. The molecule has 0 radical (unpaired) electrons. The number of aryl methyl sites for hydroxylation is 2. The summed E-state index contributed by atoms with van der Waals surface area (Å²) in [5.41, 5.74) is 2.77. The van der Waals surface area contributed by atoms with Crippen molar-refractivity contribution >= 4 is 77.8 Å². The molecule has 0 saturated carbocycles. The lowest BCUT2D eigenvalue weighted by Crippen LogP contribution is -2.17. The maximum absolute atomic E-state index is 13.0. The summed E-state index contributed by atoms with van der Waals surface area (Å²) in [4.78, 5) is 12.6.